The molecule has 1 aromatic carbocycles. The summed E-state index contributed by atoms with van der Waals surface area (Å²) in [4.78, 5) is 27.0. The lowest BCUT2D eigenvalue weighted by molar-refractivity contribution is -0.143. The van der Waals surface area contributed by atoms with Crippen molar-refractivity contribution in [2.24, 2.45) is 5.92 Å². The van der Waals surface area contributed by atoms with Gasteiger partial charge in [-0.3, -0.25) is 9.59 Å². The number of piperazine rings is 1. The van der Waals surface area contributed by atoms with Gasteiger partial charge in [-0.2, -0.15) is 0 Å². The summed E-state index contributed by atoms with van der Waals surface area (Å²) in [5.41, 5.74) is 0.539. The third-order valence-electron chi connectivity index (χ3n) is 3.98. The summed E-state index contributed by atoms with van der Waals surface area (Å²) in [5, 5.41) is 8.83. The SMILES string of the molecule is CC(Cc1ccccc1F)C(=O)N1CCN(C(=O)CO)CC1. The molecule has 1 fully saturated rings. The molecule has 0 saturated carbocycles. The molecule has 2 amide bonds. The lowest BCUT2D eigenvalue weighted by Gasteiger charge is -2.35. The fourth-order valence-electron chi connectivity index (χ4n) is 2.67. The van der Waals surface area contributed by atoms with E-state index in [-0.39, 0.29) is 23.5 Å². The third-order valence-corrected chi connectivity index (χ3v) is 3.98. The van der Waals surface area contributed by atoms with Crippen molar-refractivity contribution in [1.82, 2.24) is 9.80 Å². The van der Waals surface area contributed by atoms with Crippen LogP contribution in [0.25, 0.3) is 0 Å². The molecule has 1 aliphatic rings. The van der Waals surface area contributed by atoms with Gasteiger partial charge in [0.2, 0.25) is 11.8 Å². The quantitative estimate of drug-likeness (QED) is 0.889. The topological polar surface area (TPSA) is 60.9 Å². The number of hydrogen-bond donors (Lipinski definition) is 1. The van der Waals surface area contributed by atoms with Crippen molar-refractivity contribution in [3.05, 3.63) is 35.6 Å². The summed E-state index contributed by atoms with van der Waals surface area (Å²) >= 11 is 0. The molecule has 1 heterocycles. The van der Waals surface area contributed by atoms with Crippen LogP contribution in [0.1, 0.15) is 12.5 Å². The first-order valence-corrected chi connectivity index (χ1v) is 7.43. The van der Waals surface area contributed by atoms with E-state index < -0.39 is 6.61 Å². The molecule has 0 aliphatic carbocycles. The predicted molar refractivity (Wildman–Crippen MR) is 79.5 cm³/mol. The highest BCUT2D eigenvalue weighted by molar-refractivity contribution is 5.80. The number of amides is 2. The van der Waals surface area contributed by atoms with Crippen molar-refractivity contribution < 1.29 is 19.1 Å². The number of carbonyl (C=O) groups is 2. The summed E-state index contributed by atoms with van der Waals surface area (Å²) in [6.45, 7) is 3.05. The lowest BCUT2D eigenvalue weighted by Crippen LogP contribution is -2.52. The Bertz CT molecular complexity index is 542. The van der Waals surface area contributed by atoms with Crippen LogP contribution in [0.15, 0.2) is 24.3 Å². The van der Waals surface area contributed by atoms with Crippen LogP contribution >= 0.6 is 0 Å². The van der Waals surface area contributed by atoms with Crippen LogP contribution in [0.4, 0.5) is 4.39 Å². The molecule has 1 saturated heterocycles. The van der Waals surface area contributed by atoms with Crippen LogP contribution in [0.2, 0.25) is 0 Å². The van der Waals surface area contributed by atoms with E-state index in [0.29, 0.717) is 38.2 Å². The molecule has 120 valence electrons. The van der Waals surface area contributed by atoms with Gasteiger partial charge >= 0.3 is 0 Å². The Morgan fingerprint density at radius 3 is 2.36 bits per heavy atom. The number of benzene rings is 1. The molecule has 1 unspecified atom stereocenters. The van der Waals surface area contributed by atoms with E-state index in [1.807, 2.05) is 0 Å². The highest BCUT2D eigenvalue weighted by Gasteiger charge is 2.26. The fraction of sp³-hybridized carbons (Fsp3) is 0.500. The highest BCUT2D eigenvalue weighted by atomic mass is 19.1. The second-order valence-corrected chi connectivity index (χ2v) is 5.56. The molecule has 22 heavy (non-hydrogen) atoms. The molecule has 1 aromatic rings. The minimum atomic E-state index is -0.502. The van der Waals surface area contributed by atoms with E-state index in [0.717, 1.165) is 0 Å². The summed E-state index contributed by atoms with van der Waals surface area (Å²) in [6.07, 6.45) is 0.362. The first-order chi connectivity index (χ1) is 10.5. The lowest BCUT2D eigenvalue weighted by atomic mass is 9.99. The van der Waals surface area contributed by atoms with Crippen LogP contribution in [0, 0.1) is 11.7 Å². The first-order valence-electron chi connectivity index (χ1n) is 7.43. The molecular weight excluding hydrogens is 287 g/mol. The second-order valence-electron chi connectivity index (χ2n) is 5.56. The zero-order valence-corrected chi connectivity index (χ0v) is 12.7. The average molecular weight is 308 g/mol. The molecule has 1 atom stereocenters. The Labute approximate surface area is 129 Å². The Kier molecular flexibility index (Phi) is 5.49. The third kappa shape index (κ3) is 3.82. The van der Waals surface area contributed by atoms with Gasteiger partial charge in [0, 0.05) is 32.1 Å². The van der Waals surface area contributed by atoms with Crippen molar-refractivity contribution in [1.29, 1.82) is 0 Å². The van der Waals surface area contributed by atoms with Gasteiger partial charge in [-0.05, 0) is 18.1 Å². The van der Waals surface area contributed by atoms with E-state index in [4.69, 9.17) is 5.11 Å². The van der Waals surface area contributed by atoms with Crippen molar-refractivity contribution in [3.63, 3.8) is 0 Å². The van der Waals surface area contributed by atoms with Crippen molar-refractivity contribution in [2.75, 3.05) is 32.8 Å². The number of rotatable bonds is 4. The maximum absolute atomic E-state index is 13.6. The van der Waals surface area contributed by atoms with Gasteiger partial charge in [-0.1, -0.05) is 25.1 Å². The highest BCUT2D eigenvalue weighted by Crippen LogP contribution is 2.15. The van der Waals surface area contributed by atoms with Gasteiger partial charge < -0.3 is 14.9 Å². The smallest absolute Gasteiger partial charge is 0.248 e. The average Bonchev–Trinajstić information content (AvgIpc) is 2.55. The molecule has 1 N–H and O–H groups in total. The number of hydrogen-bond acceptors (Lipinski definition) is 3. The summed E-state index contributed by atoms with van der Waals surface area (Å²) in [7, 11) is 0. The number of carbonyl (C=O) groups excluding carboxylic acids is 2. The molecule has 2 rings (SSSR count). The van der Waals surface area contributed by atoms with Gasteiger partial charge in [-0.15, -0.1) is 0 Å². The Hall–Kier alpha value is -1.95. The summed E-state index contributed by atoms with van der Waals surface area (Å²) in [5.74, 6) is -0.941. The first kappa shape index (κ1) is 16.4. The van der Waals surface area contributed by atoms with E-state index in [9.17, 15) is 14.0 Å². The van der Waals surface area contributed by atoms with Gasteiger partial charge in [0.05, 0.1) is 0 Å². The van der Waals surface area contributed by atoms with Gasteiger partial charge in [0.1, 0.15) is 12.4 Å². The van der Waals surface area contributed by atoms with Crippen molar-refractivity contribution in [2.45, 2.75) is 13.3 Å². The maximum Gasteiger partial charge on any atom is 0.248 e. The number of aliphatic hydroxyl groups is 1. The standard InChI is InChI=1S/C16H21FN2O3/c1-12(10-13-4-2-3-5-14(13)17)16(22)19-8-6-18(7-9-19)15(21)11-20/h2-5,12,20H,6-11H2,1H3. The normalized spacial score (nSPS) is 16.5. The molecule has 0 bridgehead atoms. The van der Waals surface area contributed by atoms with Gasteiger partial charge in [-0.25, -0.2) is 4.39 Å². The van der Waals surface area contributed by atoms with Crippen LogP contribution in [-0.2, 0) is 16.0 Å². The Balaban J connectivity index is 1.89. The molecule has 0 aromatic heterocycles. The molecule has 0 spiro atoms. The zero-order valence-electron chi connectivity index (χ0n) is 12.7. The molecule has 6 heteroatoms. The Morgan fingerprint density at radius 2 is 1.77 bits per heavy atom. The number of aliphatic hydroxyl groups excluding tert-OH is 1. The molecule has 1 aliphatic heterocycles. The van der Waals surface area contributed by atoms with E-state index >= 15 is 0 Å². The van der Waals surface area contributed by atoms with Crippen LogP contribution in [-0.4, -0.2) is 59.5 Å². The van der Waals surface area contributed by atoms with Crippen LogP contribution < -0.4 is 0 Å². The predicted octanol–water partition coefficient (Wildman–Crippen LogP) is 0.667. The van der Waals surface area contributed by atoms with Crippen molar-refractivity contribution in [3.8, 4) is 0 Å². The van der Waals surface area contributed by atoms with E-state index in [1.54, 1.807) is 34.9 Å². The summed E-state index contributed by atoms with van der Waals surface area (Å²) in [6, 6.07) is 6.47. The minimum absolute atomic E-state index is 0.0284. The largest absolute Gasteiger partial charge is 0.387 e. The van der Waals surface area contributed by atoms with E-state index in [1.165, 1.54) is 6.07 Å². The molecule has 5 nitrogen and oxygen atoms in total. The minimum Gasteiger partial charge on any atom is -0.387 e. The number of halogens is 1. The van der Waals surface area contributed by atoms with Gasteiger partial charge in [0.15, 0.2) is 0 Å². The van der Waals surface area contributed by atoms with Gasteiger partial charge in [0.25, 0.3) is 0 Å². The Morgan fingerprint density at radius 1 is 1.18 bits per heavy atom. The van der Waals surface area contributed by atoms with E-state index in [2.05, 4.69) is 0 Å². The zero-order chi connectivity index (χ0) is 16.1. The molecule has 0 radical (unpaired) electrons. The van der Waals surface area contributed by atoms with Crippen LogP contribution in [0.3, 0.4) is 0 Å². The second kappa shape index (κ2) is 7.35. The maximum atomic E-state index is 13.6. The summed E-state index contributed by atoms with van der Waals surface area (Å²) < 4.78 is 13.6. The monoisotopic (exact) mass is 308 g/mol. The fourth-order valence-corrected chi connectivity index (χ4v) is 2.67. The number of nitrogens with zero attached hydrogens (tertiary/aromatic N) is 2. The van der Waals surface area contributed by atoms with Crippen LogP contribution in [0.5, 0.6) is 0 Å². The van der Waals surface area contributed by atoms with Crippen molar-refractivity contribution >= 4 is 11.8 Å². The molecular formula is C16H21FN2O3.